The van der Waals surface area contributed by atoms with Gasteiger partial charge in [0, 0.05) is 24.8 Å². The second-order valence-electron chi connectivity index (χ2n) is 6.71. The Kier molecular flexibility index (Phi) is 5.96. The molecule has 5 nitrogen and oxygen atoms in total. The van der Waals surface area contributed by atoms with E-state index in [1.54, 1.807) is 18.3 Å². The summed E-state index contributed by atoms with van der Waals surface area (Å²) in [4.78, 5) is 30.7. The summed E-state index contributed by atoms with van der Waals surface area (Å²) in [5, 5.41) is 2.81. The normalized spacial score (nSPS) is 17.2. The van der Waals surface area contributed by atoms with Gasteiger partial charge in [-0.15, -0.1) is 0 Å². The van der Waals surface area contributed by atoms with Crippen LogP contribution in [-0.2, 0) is 17.5 Å². The van der Waals surface area contributed by atoms with Crippen LogP contribution in [0.1, 0.15) is 34.5 Å². The summed E-state index contributed by atoms with van der Waals surface area (Å²) in [6.07, 6.45) is -1.63. The summed E-state index contributed by atoms with van der Waals surface area (Å²) in [5.74, 6) is -1.08. The van der Waals surface area contributed by atoms with Crippen molar-refractivity contribution >= 4 is 11.8 Å². The Bertz CT molecular complexity index is 840. The Morgan fingerprint density at radius 2 is 2.00 bits per heavy atom. The number of alkyl halides is 3. The fourth-order valence-corrected chi connectivity index (χ4v) is 3.21. The van der Waals surface area contributed by atoms with E-state index < -0.39 is 23.6 Å². The summed E-state index contributed by atoms with van der Waals surface area (Å²) in [6.45, 7) is 0.889. The highest BCUT2D eigenvalue weighted by Crippen LogP contribution is 2.30. The SMILES string of the molecule is O=C(NCc1ccccn1)[C@@H]1CCCN(C(=O)c2cccc(C(F)(F)F)c2)C1. The summed E-state index contributed by atoms with van der Waals surface area (Å²) in [7, 11) is 0. The molecule has 28 heavy (non-hydrogen) atoms. The molecule has 1 aliphatic heterocycles. The molecule has 8 heteroatoms. The van der Waals surface area contributed by atoms with E-state index in [0.717, 1.165) is 17.8 Å². The minimum Gasteiger partial charge on any atom is -0.350 e. The van der Waals surface area contributed by atoms with Crippen LogP contribution < -0.4 is 5.32 Å². The lowest BCUT2D eigenvalue weighted by atomic mass is 9.96. The number of hydrogen-bond donors (Lipinski definition) is 1. The van der Waals surface area contributed by atoms with E-state index in [2.05, 4.69) is 10.3 Å². The molecule has 0 aliphatic carbocycles. The van der Waals surface area contributed by atoms with E-state index in [9.17, 15) is 22.8 Å². The fourth-order valence-electron chi connectivity index (χ4n) is 3.21. The molecule has 148 valence electrons. The van der Waals surface area contributed by atoms with E-state index in [4.69, 9.17) is 0 Å². The number of rotatable bonds is 4. The average Bonchev–Trinajstić information content (AvgIpc) is 2.72. The molecule has 2 aromatic rings. The highest BCUT2D eigenvalue weighted by molar-refractivity contribution is 5.95. The molecule has 2 heterocycles. The molecule has 0 bridgehead atoms. The molecule has 1 fully saturated rings. The number of carbonyl (C=O) groups is 2. The number of aromatic nitrogens is 1. The molecule has 0 radical (unpaired) electrons. The molecule has 1 N–H and O–H groups in total. The molecular weight excluding hydrogens is 371 g/mol. The lowest BCUT2D eigenvalue weighted by Gasteiger charge is -2.32. The van der Waals surface area contributed by atoms with Crippen LogP contribution in [0.5, 0.6) is 0 Å². The highest BCUT2D eigenvalue weighted by atomic mass is 19.4. The molecular formula is C20H20F3N3O2. The number of nitrogens with zero attached hydrogens (tertiary/aromatic N) is 2. The van der Waals surface area contributed by atoms with E-state index in [0.29, 0.717) is 19.4 Å². The van der Waals surface area contributed by atoms with Crippen LogP contribution in [0.4, 0.5) is 13.2 Å². The number of hydrogen-bond acceptors (Lipinski definition) is 3. The Balaban J connectivity index is 1.62. The summed E-state index contributed by atoms with van der Waals surface area (Å²) in [5.41, 5.74) is -0.159. The monoisotopic (exact) mass is 391 g/mol. The number of likely N-dealkylation sites (tertiary alicyclic amines) is 1. The van der Waals surface area contributed by atoms with Crippen LogP contribution in [0.25, 0.3) is 0 Å². The van der Waals surface area contributed by atoms with Crippen molar-refractivity contribution in [2.75, 3.05) is 13.1 Å². The van der Waals surface area contributed by atoms with Gasteiger partial charge in [-0.3, -0.25) is 14.6 Å². The standard InChI is InChI=1S/C20H20F3N3O2/c21-20(22,23)16-7-3-5-14(11-16)19(28)26-10-4-6-15(13-26)18(27)25-12-17-8-1-2-9-24-17/h1-3,5,7-9,11,15H,4,6,10,12-13H2,(H,25,27)/t15-/m1/s1. The summed E-state index contributed by atoms with van der Waals surface area (Å²) >= 11 is 0. The maximum absolute atomic E-state index is 12.9. The first-order chi connectivity index (χ1) is 13.3. The van der Waals surface area contributed by atoms with Gasteiger partial charge in [-0.1, -0.05) is 12.1 Å². The molecule has 1 aromatic heterocycles. The fraction of sp³-hybridized carbons (Fsp3) is 0.350. The van der Waals surface area contributed by atoms with E-state index >= 15 is 0 Å². The molecule has 1 saturated heterocycles. The number of pyridine rings is 1. The highest BCUT2D eigenvalue weighted by Gasteiger charge is 2.33. The number of halogens is 3. The van der Waals surface area contributed by atoms with E-state index in [-0.39, 0.29) is 24.6 Å². The van der Waals surface area contributed by atoms with Gasteiger partial charge < -0.3 is 10.2 Å². The van der Waals surface area contributed by atoms with Crippen molar-refractivity contribution in [2.45, 2.75) is 25.6 Å². The van der Waals surface area contributed by atoms with Gasteiger partial charge in [0.05, 0.1) is 23.7 Å². The maximum Gasteiger partial charge on any atom is 0.416 e. The molecule has 0 unspecified atom stereocenters. The molecule has 1 aromatic carbocycles. The van der Waals surface area contributed by atoms with Gasteiger partial charge in [-0.05, 0) is 43.2 Å². The molecule has 3 rings (SSSR count). The van der Waals surface area contributed by atoms with Crippen LogP contribution in [0.3, 0.4) is 0 Å². The van der Waals surface area contributed by atoms with Gasteiger partial charge in [0.2, 0.25) is 5.91 Å². The molecule has 0 saturated carbocycles. The van der Waals surface area contributed by atoms with Crippen molar-refractivity contribution in [3.8, 4) is 0 Å². The van der Waals surface area contributed by atoms with Crippen LogP contribution in [-0.4, -0.2) is 34.8 Å². The summed E-state index contributed by atoms with van der Waals surface area (Å²) in [6, 6.07) is 9.77. The smallest absolute Gasteiger partial charge is 0.350 e. The Morgan fingerprint density at radius 1 is 1.18 bits per heavy atom. The topological polar surface area (TPSA) is 62.3 Å². The number of nitrogens with one attached hydrogen (secondary N) is 1. The first-order valence-corrected chi connectivity index (χ1v) is 8.99. The lowest BCUT2D eigenvalue weighted by molar-refractivity contribution is -0.137. The van der Waals surface area contributed by atoms with Gasteiger partial charge in [0.15, 0.2) is 0 Å². The number of piperidine rings is 1. The molecule has 1 atom stereocenters. The zero-order valence-corrected chi connectivity index (χ0v) is 15.1. The van der Waals surface area contributed by atoms with E-state index in [1.165, 1.54) is 17.0 Å². The first kappa shape index (κ1) is 19.9. The maximum atomic E-state index is 12.9. The minimum absolute atomic E-state index is 0.0237. The van der Waals surface area contributed by atoms with Crippen LogP contribution in [0.2, 0.25) is 0 Å². The largest absolute Gasteiger partial charge is 0.416 e. The minimum atomic E-state index is -4.51. The van der Waals surface area contributed by atoms with Crippen LogP contribution in [0, 0.1) is 5.92 Å². The lowest BCUT2D eigenvalue weighted by Crippen LogP contribution is -2.45. The third-order valence-electron chi connectivity index (χ3n) is 4.69. The van der Waals surface area contributed by atoms with Gasteiger partial charge in [0.1, 0.15) is 0 Å². The Morgan fingerprint density at radius 3 is 2.71 bits per heavy atom. The van der Waals surface area contributed by atoms with Crippen LogP contribution >= 0.6 is 0 Å². The number of carbonyl (C=O) groups excluding carboxylic acids is 2. The van der Waals surface area contributed by atoms with E-state index in [1.807, 2.05) is 6.07 Å². The zero-order chi connectivity index (χ0) is 20.1. The molecule has 2 amide bonds. The number of amides is 2. The van der Waals surface area contributed by atoms with Crippen molar-refractivity contribution in [2.24, 2.45) is 5.92 Å². The van der Waals surface area contributed by atoms with Crippen LogP contribution in [0.15, 0.2) is 48.7 Å². The molecule has 0 spiro atoms. The van der Waals surface area contributed by atoms with Gasteiger partial charge >= 0.3 is 6.18 Å². The summed E-state index contributed by atoms with van der Waals surface area (Å²) < 4.78 is 38.6. The Hall–Kier alpha value is -2.90. The van der Waals surface area contributed by atoms with Gasteiger partial charge in [-0.25, -0.2) is 0 Å². The van der Waals surface area contributed by atoms with Gasteiger partial charge in [0.25, 0.3) is 5.91 Å². The third kappa shape index (κ3) is 4.88. The Labute approximate surface area is 160 Å². The first-order valence-electron chi connectivity index (χ1n) is 8.99. The van der Waals surface area contributed by atoms with Crippen molar-refractivity contribution in [1.82, 2.24) is 15.2 Å². The second-order valence-corrected chi connectivity index (χ2v) is 6.71. The second kappa shape index (κ2) is 8.41. The third-order valence-corrected chi connectivity index (χ3v) is 4.69. The van der Waals surface area contributed by atoms with Crippen molar-refractivity contribution < 1.29 is 22.8 Å². The van der Waals surface area contributed by atoms with Crippen molar-refractivity contribution in [3.05, 3.63) is 65.5 Å². The average molecular weight is 391 g/mol. The van der Waals surface area contributed by atoms with Crippen molar-refractivity contribution in [3.63, 3.8) is 0 Å². The van der Waals surface area contributed by atoms with Gasteiger partial charge in [-0.2, -0.15) is 13.2 Å². The zero-order valence-electron chi connectivity index (χ0n) is 15.1. The van der Waals surface area contributed by atoms with Crippen molar-refractivity contribution in [1.29, 1.82) is 0 Å². The predicted octanol–water partition coefficient (Wildman–Crippen LogP) is 3.27. The predicted molar refractivity (Wildman–Crippen MR) is 96.2 cm³/mol. The number of benzene rings is 1. The molecule has 1 aliphatic rings. The quantitative estimate of drug-likeness (QED) is 0.870.